The number of nitrogens with one attached hydrogen (secondary N) is 2. The van der Waals surface area contributed by atoms with Gasteiger partial charge in [-0.25, -0.2) is 4.98 Å². The lowest BCUT2D eigenvalue weighted by atomic mass is 10.2. The fourth-order valence-electron chi connectivity index (χ4n) is 1.46. The Bertz CT molecular complexity index is 443. The lowest BCUT2D eigenvalue weighted by molar-refractivity contribution is -0.122. The van der Waals surface area contributed by atoms with Crippen molar-refractivity contribution in [3.8, 4) is 0 Å². The molecule has 1 fully saturated rings. The summed E-state index contributed by atoms with van der Waals surface area (Å²) in [4.78, 5) is 26.2. The Morgan fingerprint density at radius 3 is 2.61 bits per heavy atom. The molecule has 0 bridgehead atoms. The van der Waals surface area contributed by atoms with E-state index in [1.54, 1.807) is 0 Å². The maximum Gasteiger partial charge on any atom is 0.252 e. The van der Waals surface area contributed by atoms with Gasteiger partial charge in [-0.15, -0.1) is 0 Å². The van der Waals surface area contributed by atoms with E-state index in [0.29, 0.717) is 18.7 Å². The molecule has 1 heterocycles. The summed E-state index contributed by atoms with van der Waals surface area (Å²) in [6.07, 6.45) is 3.09. The third-order valence-electron chi connectivity index (χ3n) is 2.65. The number of carbonyl (C=O) groups excluding carboxylic acids is 2. The zero-order valence-corrected chi connectivity index (χ0v) is 9.78. The van der Waals surface area contributed by atoms with Crippen LogP contribution in [0.25, 0.3) is 0 Å². The Morgan fingerprint density at radius 2 is 2.00 bits per heavy atom. The minimum atomic E-state index is -0.622. The number of halogens is 1. The Hall–Kier alpha value is -1.98. The number of rotatable bonds is 5. The molecular formula is C12H14FN3O2. The maximum atomic E-state index is 12.5. The van der Waals surface area contributed by atoms with Crippen LogP contribution < -0.4 is 10.6 Å². The van der Waals surface area contributed by atoms with Gasteiger partial charge in [-0.3, -0.25) is 9.59 Å². The van der Waals surface area contributed by atoms with E-state index in [-0.39, 0.29) is 17.7 Å². The van der Waals surface area contributed by atoms with Gasteiger partial charge in [0.05, 0.1) is 5.56 Å². The quantitative estimate of drug-likeness (QED) is 0.590. The summed E-state index contributed by atoms with van der Waals surface area (Å²) in [5.74, 6) is -0.735. The van der Waals surface area contributed by atoms with Crippen LogP contribution in [0.4, 0.5) is 4.39 Å². The van der Waals surface area contributed by atoms with Gasteiger partial charge < -0.3 is 10.6 Å². The SMILES string of the molecule is O=C(NCCNC(=O)C1CC1)c1ccc(F)nc1. The highest BCUT2D eigenvalue weighted by atomic mass is 19.1. The second-order valence-electron chi connectivity index (χ2n) is 4.19. The van der Waals surface area contributed by atoms with Crippen molar-refractivity contribution in [3.05, 3.63) is 29.8 Å². The summed E-state index contributed by atoms with van der Waals surface area (Å²) in [6.45, 7) is 0.740. The number of nitrogens with zero attached hydrogens (tertiary/aromatic N) is 1. The lowest BCUT2D eigenvalue weighted by Gasteiger charge is -2.06. The maximum absolute atomic E-state index is 12.5. The molecule has 1 aliphatic rings. The van der Waals surface area contributed by atoms with Crippen LogP contribution in [-0.4, -0.2) is 29.9 Å². The van der Waals surface area contributed by atoms with Crippen molar-refractivity contribution in [2.45, 2.75) is 12.8 Å². The molecule has 0 spiro atoms. The van der Waals surface area contributed by atoms with Crippen LogP contribution in [0.5, 0.6) is 0 Å². The molecule has 2 amide bonds. The highest BCUT2D eigenvalue weighted by molar-refractivity contribution is 5.93. The first kappa shape index (κ1) is 12.5. The molecule has 0 saturated heterocycles. The van der Waals surface area contributed by atoms with Gasteiger partial charge in [-0.2, -0.15) is 4.39 Å². The third kappa shape index (κ3) is 3.51. The predicted octanol–water partition coefficient (Wildman–Crippen LogP) is 0.477. The van der Waals surface area contributed by atoms with Gasteiger partial charge in [0.25, 0.3) is 5.91 Å². The average molecular weight is 251 g/mol. The van der Waals surface area contributed by atoms with Gasteiger partial charge in [0.15, 0.2) is 0 Å². The molecule has 18 heavy (non-hydrogen) atoms. The number of pyridine rings is 1. The van der Waals surface area contributed by atoms with E-state index >= 15 is 0 Å². The summed E-state index contributed by atoms with van der Waals surface area (Å²) >= 11 is 0. The molecule has 0 aliphatic heterocycles. The summed E-state index contributed by atoms with van der Waals surface area (Å²) in [6, 6.07) is 2.49. The van der Waals surface area contributed by atoms with E-state index in [1.165, 1.54) is 12.3 Å². The predicted molar refractivity (Wildman–Crippen MR) is 62.3 cm³/mol. The Kier molecular flexibility index (Phi) is 3.86. The molecule has 1 aromatic heterocycles. The van der Waals surface area contributed by atoms with Gasteiger partial charge in [0.1, 0.15) is 0 Å². The number of aromatic nitrogens is 1. The molecule has 1 saturated carbocycles. The number of hydrogen-bond donors (Lipinski definition) is 2. The van der Waals surface area contributed by atoms with Crippen LogP contribution in [0.15, 0.2) is 18.3 Å². The Labute approximate surface area is 104 Å². The van der Waals surface area contributed by atoms with Gasteiger partial charge in [0, 0.05) is 25.2 Å². The molecule has 0 unspecified atom stereocenters. The molecule has 6 heteroatoms. The minimum absolute atomic E-state index is 0.0488. The molecule has 1 aromatic rings. The second-order valence-corrected chi connectivity index (χ2v) is 4.19. The number of hydrogen-bond acceptors (Lipinski definition) is 3. The standard InChI is InChI=1S/C12H14FN3O2/c13-10-4-3-9(7-16-10)12(18)15-6-5-14-11(17)8-1-2-8/h3-4,7-8H,1-2,5-6H2,(H,14,17)(H,15,18). The van der Waals surface area contributed by atoms with Crippen LogP contribution in [-0.2, 0) is 4.79 Å². The summed E-state index contributed by atoms with van der Waals surface area (Å²) in [5.41, 5.74) is 0.296. The first-order valence-corrected chi connectivity index (χ1v) is 5.84. The van der Waals surface area contributed by atoms with Crippen molar-refractivity contribution in [1.82, 2.24) is 15.6 Å². The molecule has 2 rings (SSSR count). The Balaban J connectivity index is 1.68. The monoisotopic (exact) mass is 251 g/mol. The molecule has 0 aromatic carbocycles. The van der Waals surface area contributed by atoms with Crippen LogP contribution >= 0.6 is 0 Å². The topological polar surface area (TPSA) is 71.1 Å². The first-order chi connectivity index (χ1) is 8.66. The fourth-order valence-corrected chi connectivity index (χ4v) is 1.46. The smallest absolute Gasteiger partial charge is 0.252 e. The number of carbonyl (C=O) groups is 2. The largest absolute Gasteiger partial charge is 0.354 e. The fraction of sp³-hybridized carbons (Fsp3) is 0.417. The van der Waals surface area contributed by atoms with Crippen molar-refractivity contribution >= 4 is 11.8 Å². The van der Waals surface area contributed by atoms with Gasteiger partial charge in [0.2, 0.25) is 11.9 Å². The highest BCUT2D eigenvalue weighted by Gasteiger charge is 2.28. The second kappa shape index (κ2) is 5.57. The zero-order chi connectivity index (χ0) is 13.0. The molecular weight excluding hydrogens is 237 g/mol. The van der Waals surface area contributed by atoms with E-state index in [1.807, 2.05) is 0 Å². The van der Waals surface area contributed by atoms with Crippen molar-refractivity contribution < 1.29 is 14.0 Å². The van der Waals surface area contributed by atoms with Crippen molar-refractivity contribution in [2.24, 2.45) is 5.92 Å². The highest BCUT2D eigenvalue weighted by Crippen LogP contribution is 2.28. The summed E-state index contributed by atoms with van der Waals surface area (Å²) < 4.78 is 12.5. The Morgan fingerprint density at radius 1 is 1.28 bits per heavy atom. The summed E-state index contributed by atoms with van der Waals surface area (Å²) in [5, 5.41) is 5.35. The van der Waals surface area contributed by atoms with Gasteiger partial charge >= 0.3 is 0 Å². The molecule has 0 atom stereocenters. The van der Waals surface area contributed by atoms with Crippen LogP contribution in [0.1, 0.15) is 23.2 Å². The molecule has 1 aliphatic carbocycles. The van der Waals surface area contributed by atoms with Crippen molar-refractivity contribution in [3.63, 3.8) is 0 Å². The first-order valence-electron chi connectivity index (χ1n) is 5.84. The third-order valence-corrected chi connectivity index (χ3v) is 2.65. The van der Waals surface area contributed by atoms with E-state index in [4.69, 9.17) is 0 Å². The summed E-state index contributed by atoms with van der Waals surface area (Å²) in [7, 11) is 0. The van der Waals surface area contributed by atoms with E-state index in [9.17, 15) is 14.0 Å². The normalized spacial score (nSPS) is 14.1. The lowest BCUT2D eigenvalue weighted by Crippen LogP contribution is -2.35. The van der Waals surface area contributed by atoms with E-state index < -0.39 is 5.95 Å². The average Bonchev–Trinajstić information content (AvgIpc) is 3.19. The van der Waals surface area contributed by atoms with Gasteiger partial charge in [-0.1, -0.05) is 0 Å². The van der Waals surface area contributed by atoms with Crippen LogP contribution in [0.2, 0.25) is 0 Å². The van der Waals surface area contributed by atoms with E-state index in [0.717, 1.165) is 18.9 Å². The molecule has 5 nitrogen and oxygen atoms in total. The van der Waals surface area contributed by atoms with E-state index in [2.05, 4.69) is 15.6 Å². The van der Waals surface area contributed by atoms with Crippen molar-refractivity contribution in [1.29, 1.82) is 0 Å². The number of amides is 2. The zero-order valence-electron chi connectivity index (χ0n) is 9.78. The minimum Gasteiger partial charge on any atom is -0.354 e. The van der Waals surface area contributed by atoms with Crippen LogP contribution in [0, 0.1) is 11.9 Å². The molecule has 0 radical (unpaired) electrons. The van der Waals surface area contributed by atoms with Crippen LogP contribution in [0.3, 0.4) is 0 Å². The molecule has 2 N–H and O–H groups in total. The molecule has 96 valence electrons. The van der Waals surface area contributed by atoms with Gasteiger partial charge in [-0.05, 0) is 25.0 Å². The van der Waals surface area contributed by atoms with Crippen molar-refractivity contribution in [2.75, 3.05) is 13.1 Å².